The first-order valence-corrected chi connectivity index (χ1v) is 21.8. The Bertz CT molecular complexity index is 724. The largest absolute Gasteiger partial charge is 0.456 e. The molecule has 0 unspecified atom stereocenters. The molecule has 0 fully saturated rings. The van der Waals surface area contributed by atoms with Crippen molar-refractivity contribution in [2.24, 2.45) is 0 Å². The van der Waals surface area contributed by atoms with Crippen LogP contribution in [-0.4, -0.2) is 35.7 Å². The highest BCUT2D eigenvalue weighted by atomic mass is 16.5. The summed E-state index contributed by atoms with van der Waals surface area (Å²) < 4.78 is 5.89. The van der Waals surface area contributed by atoms with Gasteiger partial charge in [-0.1, -0.05) is 207 Å². The maximum absolute atomic E-state index is 12.8. The number of ether oxygens (including phenoxy) is 1. The summed E-state index contributed by atoms with van der Waals surface area (Å²) in [5.74, 6) is -0.293. The third-order valence-corrected chi connectivity index (χ3v) is 10.00. The summed E-state index contributed by atoms with van der Waals surface area (Å²) in [6, 6.07) is -0.610. The van der Waals surface area contributed by atoms with Crippen molar-refractivity contribution < 1.29 is 19.4 Å². The minimum atomic E-state index is -0.634. The van der Waals surface area contributed by atoms with E-state index in [2.05, 4.69) is 32.2 Å². The summed E-state index contributed by atoms with van der Waals surface area (Å²) in [5, 5.41) is 13.2. The quantitative estimate of drug-likeness (QED) is 0.0382. The van der Waals surface area contributed by atoms with Gasteiger partial charge in [0.25, 0.3) is 0 Å². The zero-order chi connectivity index (χ0) is 35.9. The molecule has 0 aliphatic heterocycles. The van der Waals surface area contributed by atoms with Crippen LogP contribution in [0.25, 0.3) is 0 Å². The lowest BCUT2D eigenvalue weighted by Crippen LogP contribution is -2.46. The Hall–Kier alpha value is -1.36. The first-order chi connectivity index (χ1) is 24.1. The molecule has 0 bridgehead atoms. The number of rotatable bonds is 39. The molecule has 0 spiro atoms. The number of esters is 1. The summed E-state index contributed by atoms with van der Waals surface area (Å²) in [6.45, 7) is 6.53. The maximum atomic E-state index is 12.8. The fourth-order valence-electron chi connectivity index (χ4n) is 6.66. The first-order valence-electron chi connectivity index (χ1n) is 21.8. The van der Waals surface area contributed by atoms with Crippen molar-refractivity contribution in [1.82, 2.24) is 5.32 Å². The molecule has 0 aliphatic carbocycles. The van der Waals surface area contributed by atoms with E-state index in [-0.39, 0.29) is 18.5 Å². The number of aliphatic hydroxyl groups is 1. The lowest BCUT2D eigenvalue weighted by atomic mass is 10.0. The number of hydrogen-bond donors (Lipinski definition) is 2. The van der Waals surface area contributed by atoms with Crippen LogP contribution in [0.5, 0.6) is 0 Å². The lowest BCUT2D eigenvalue weighted by Gasteiger charge is -2.24. The Kier molecular flexibility index (Phi) is 38.3. The fraction of sp³-hybridized carbons (Fsp3) is 0.909. The second-order valence-corrected chi connectivity index (χ2v) is 14.9. The molecule has 0 radical (unpaired) electrons. The SMILES string of the molecule is CCCCCCCCCCCCC/C=C/[C@@H](OC(=O)CCCCCCCCCCC)[C@H](CO)NC(=O)CCCCCCCCCCCCC. The highest BCUT2D eigenvalue weighted by Crippen LogP contribution is 2.16. The standard InChI is InChI=1S/C44H85NO4/c1-4-7-10-13-16-19-21-22-24-26-28-31-34-37-42(49-44(48)39-36-33-30-25-18-15-12-9-6-3)41(40-46)45-43(47)38-35-32-29-27-23-20-17-14-11-8-5-2/h34,37,41-42,46H,4-33,35-36,38-40H2,1-3H3,(H,45,47)/b37-34+/t41-,42+/m0/s1. The number of aliphatic hydroxyl groups excluding tert-OH is 1. The molecule has 0 heterocycles. The van der Waals surface area contributed by atoms with Gasteiger partial charge in [-0.3, -0.25) is 9.59 Å². The molecule has 5 heteroatoms. The fourth-order valence-corrected chi connectivity index (χ4v) is 6.66. The Balaban J connectivity index is 4.56. The van der Waals surface area contributed by atoms with Crippen molar-refractivity contribution in [2.75, 3.05) is 6.61 Å². The zero-order valence-corrected chi connectivity index (χ0v) is 33.2. The Morgan fingerprint density at radius 2 is 0.857 bits per heavy atom. The van der Waals surface area contributed by atoms with Crippen LogP contribution >= 0.6 is 0 Å². The highest BCUT2D eigenvalue weighted by molar-refractivity contribution is 5.76. The smallest absolute Gasteiger partial charge is 0.306 e. The van der Waals surface area contributed by atoms with Crippen LogP contribution < -0.4 is 5.32 Å². The summed E-state index contributed by atoms with van der Waals surface area (Å²) in [6.07, 6.45) is 44.1. The van der Waals surface area contributed by atoms with E-state index in [9.17, 15) is 14.7 Å². The molecular weight excluding hydrogens is 606 g/mol. The molecule has 0 saturated carbocycles. The number of allylic oxidation sites excluding steroid dienone is 1. The predicted octanol–water partition coefficient (Wildman–Crippen LogP) is 13.3. The second kappa shape index (κ2) is 39.4. The van der Waals surface area contributed by atoms with Crippen LogP contribution in [0.4, 0.5) is 0 Å². The summed E-state index contributed by atoms with van der Waals surface area (Å²) >= 11 is 0. The average Bonchev–Trinajstić information content (AvgIpc) is 3.10. The minimum Gasteiger partial charge on any atom is -0.456 e. The molecule has 2 N–H and O–H groups in total. The molecule has 0 aromatic heterocycles. The average molecular weight is 692 g/mol. The predicted molar refractivity (Wildman–Crippen MR) is 212 cm³/mol. The summed E-state index contributed by atoms with van der Waals surface area (Å²) in [5.41, 5.74) is 0. The third-order valence-electron chi connectivity index (χ3n) is 10.00. The van der Waals surface area contributed by atoms with Gasteiger partial charge >= 0.3 is 5.97 Å². The summed E-state index contributed by atoms with van der Waals surface area (Å²) in [7, 11) is 0. The van der Waals surface area contributed by atoms with Crippen molar-refractivity contribution in [1.29, 1.82) is 0 Å². The molecule has 1 amide bonds. The summed E-state index contributed by atoms with van der Waals surface area (Å²) in [4.78, 5) is 25.7. The van der Waals surface area contributed by atoms with Crippen LogP contribution in [-0.2, 0) is 14.3 Å². The van der Waals surface area contributed by atoms with E-state index < -0.39 is 12.1 Å². The molecule has 49 heavy (non-hydrogen) atoms. The molecule has 0 saturated heterocycles. The van der Waals surface area contributed by atoms with Crippen molar-refractivity contribution >= 4 is 11.9 Å². The van der Waals surface area contributed by atoms with E-state index in [0.29, 0.717) is 12.8 Å². The number of nitrogens with one attached hydrogen (secondary N) is 1. The molecular formula is C44H85NO4. The molecule has 0 rings (SSSR count). The van der Waals surface area contributed by atoms with Gasteiger partial charge < -0.3 is 15.2 Å². The van der Waals surface area contributed by atoms with Gasteiger partial charge in [0.15, 0.2) is 0 Å². The van der Waals surface area contributed by atoms with E-state index in [4.69, 9.17) is 4.74 Å². The molecule has 290 valence electrons. The van der Waals surface area contributed by atoms with Gasteiger partial charge in [-0.25, -0.2) is 0 Å². The number of unbranched alkanes of at least 4 members (excludes halogenated alkanes) is 29. The van der Waals surface area contributed by atoms with E-state index in [1.165, 1.54) is 161 Å². The Morgan fingerprint density at radius 1 is 0.510 bits per heavy atom. The highest BCUT2D eigenvalue weighted by Gasteiger charge is 2.24. The number of amides is 1. The maximum Gasteiger partial charge on any atom is 0.306 e. The van der Waals surface area contributed by atoms with Gasteiger partial charge in [-0.15, -0.1) is 0 Å². The second-order valence-electron chi connectivity index (χ2n) is 14.9. The van der Waals surface area contributed by atoms with E-state index in [1.807, 2.05) is 6.08 Å². The normalized spacial score (nSPS) is 12.8. The zero-order valence-electron chi connectivity index (χ0n) is 33.2. The number of carbonyl (C=O) groups excluding carboxylic acids is 2. The van der Waals surface area contributed by atoms with Crippen molar-refractivity contribution in [3.05, 3.63) is 12.2 Å². The molecule has 2 atom stereocenters. The van der Waals surface area contributed by atoms with Gasteiger partial charge in [-0.05, 0) is 31.8 Å². The molecule has 0 aromatic rings. The molecule has 5 nitrogen and oxygen atoms in total. The van der Waals surface area contributed by atoms with Crippen molar-refractivity contribution in [3.8, 4) is 0 Å². The molecule has 0 aliphatic rings. The van der Waals surface area contributed by atoms with Crippen LogP contribution in [0.15, 0.2) is 12.2 Å². The lowest BCUT2D eigenvalue weighted by molar-refractivity contribution is -0.149. The van der Waals surface area contributed by atoms with Gasteiger partial charge in [-0.2, -0.15) is 0 Å². The van der Waals surface area contributed by atoms with Gasteiger partial charge in [0.2, 0.25) is 5.91 Å². The van der Waals surface area contributed by atoms with Crippen LogP contribution in [0.3, 0.4) is 0 Å². The van der Waals surface area contributed by atoms with Crippen LogP contribution in [0.1, 0.15) is 239 Å². The van der Waals surface area contributed by atoms with Gasteiger partial charge in [0.05, 0.1) is 12.6 Å². The van der Waals surface area contributed by atoms with E-state index >= 15 is 0 Å². The minimum absolute atomic E-state index is 0.0614. The van der Waals surface area contributed by atoms with Gasteiger partial charge in [0.1, 0.15) is 6.10 Å². The Morgan fingerprint density at radius 3 is 1.24 bits per heavy atom. The third kappa shape index (κ3) is 34.9. The monoisotopic (exact) mass is 692 g/mol. The van der Waals surface area contributed by atoms with Crippen LogP contribution in [0, 0.1) is 0 Å². The molecule has 0 aromatic carbocycles. The first kappa shape index (κ1) is 47.6. The van der Waals surface area contributed by atoms with Crippen molar-refractivity contribution in [2.45, 2.75) is 251 Å². The Labute approximate surface area is 306 Å². The number of carbonyl (C=O) groups is 2. The topological polar surface area (TPSA) is 75.6 Å². The number of hydrogen-bond acceptors (Lipinski definition) is 4. The van der Waals surface area contributed by atoms with E-state index in [1.54, 1.807) is 0 Å². The van der Waals surface area contributed by atoms with Gasteiger partial charge in [0, 0.05) is 12.8 Å². The van der Waals surface area contributed by atoms with Crippen LogP contribution in [0.2, 0.25) is 0 Å². The van der Waals surface area contributed by atoms with Crippen molar-refractivity contribution in [3.63, 3.8) is 0 Å². The van der Waals surface area contributed by atoms with E-state index in [0.717, 1.165) is 44.9 Å².